The van der Waals surface area contributed by atoms with Gasteiger partial charge in [-0.2, -0.15) is 0 Å². The van der Waals surface area contributed by atoms with Crippen LogP contribution in [-0.2, 0) is 4.79 Å². The van der Waals surface area contributed by atoms with Crippen LogP contribution in [0.5, 0.6) is 0 Å². The SMILES string of the molecule is Cc1ccc(NC(C(=O)O)c2ccc(F)cc2Cl)cc1. The molecule has 1 atom stereocenters. The Bertz CT molecular complexity index is 628. The molecule has 20 heavy (non-hydrogen) atoms. The second-order valence-electron chi connectivity index (χ2n) is 4.45. The third-order valence-corrected chi connectivity index (χ3v) is 3.21. The van der Waals surface area contributed by atoms with E-state index in [2.05, 4.69) is 5.32 Å². The number of carbonyl (C=O) groups is 1. The van der Waals surface area contributed by atoms with Crippen molar-refractivity contribution in [2.75, 3.05) is 5.32 Å². The highest BCUT2D eigenvalue weighted by Gasteiger charge is 2.22. The molecule has 5 heteroatoms. The maximum absolute atomic E-state index is 13.0. The van der Waals surface area contributed by atoms with E-state index >= 15 is 0 Å². The molecule has 3 nitrogen and oxygen atoms in total. The third-order valence-electron chi connectivity index (χ3n) is 2.88. The van der Waals surface area contributed by atoms with Crippen molar-refractivity contribution in [2.45, 2.75) is 13.0 Å². The van der Waals surface area contributed by atoms with Crippen molar-refractivity contribution in [1.29, 1.82) is 0 Å². The van der Waals surface area contributed by atoms with Crippen molar-refractivity contribution in [3.63, 3.8) is 0 Å². The minimum Gasteiger partial charge on any atom is -0.479 e. The first-order valence-electron chi connectivity index (χ1n) is 5.98. The van der Waals surface area contributed by atoms with Gasteiger partial charge in [0.15, 0.2) is 6.04 Å². The van der Waals surface area contributed by atoms with Crippen LogP contribution in [0.3, 0.4) is 0 Å². The van der Waals surface area contributed by atoms with Crippen molar-refractivity contribution in [3.8, 4) is 0 Å². The summed E-state index contributed by atoms with van der Waals surface area (Å²) < 4.78 is 13.0. The highest BCUT2D eigenvalue weighted by molar-refractivity contribution is 6.31. The summed E-state index contributed by atoms with van der Waals surface area (Å²) in [5.41, 5.74) is 2.05. The number of rotatable bonds is 4. The van der Waals surface area contributed by atoms with Gasteiger partial charge in [-0.3, -0.25) is 0 Å². The van der Waals surface area contributed by atoms with Gasteiger partial charge in [0.25, 0.3) is 0 Å². The fourth-order valence-electron chi connectivity index (χ4n) is 1.82. The Morgan fingerprint density at radius 2 is 1.90 bits per heavy atom. The predicted octanol–water partition coefficient (Wildman–Crippen LogP) is 4.03. The Labute approximate surface area is 121 Å². The lowest BCUT2D eigenvalue weighted by molar-refractivity contribution is -0.138. The predicted molar refractivity (Wildman–Crippen MR) is 76.6 cm³/mol. The molecule has 2 rings (SSSR count). The second-order valence-corrected chi connectivity index (χ2v) is 4.85. The monoisotopic (exact) mass is 293 g/mol. The second kappa shape index (κ2) is 5.92. The first-order chi connectivity index (χ1) is 9.47. The highest BCUT2D eigenvalue weighted by Crippen LogP contribution is 2.27. The van der Waals surface area contributed by atoms with Gasteiger partial charge in [-0.1, -0.05) is 35.4 Å². The summed E-state index contributed by atoms with van der Waals surface area (Å²) in [5.74, 6) is -1.59. The molecule has 0 saturated carbocycles. The molecule has 2 aromatic rings. The number of aliphatic carboxylic acids is 1. The Morgan fingerprint density at radius 3 is 2.45 bits per heavy atom. The first-order valence-corrected chi connectivity index (χ1v) is 6.36. The molecule has 0 fully saturated rings. The van der Waals surface area contributed by atoms with Crippen molar-refractivity contribution >= 4 is 23.3 Å². The van der Waals surface area contributed by atoms with Crippen LogP contribution in [0.1, 0.15) is 17.2 Å². The topological polar surface area (TPSA) is 49.3 Å². The maximum atomic E-state index is 13.0. The molecule has 0 heterocycles. The van der Waals surface area contributed by atoms with E-state index < -0.39 is 17.8 Å². The third kappa shape index (κ3) is 3.27. The van der Waals surface area contributed by atoms with E-state index in [1.807, 2.05) is 19.1 Å². The molecule has 0 aliphatic rings. The lowest BCUT2D eigenvalue weighted by Gasteiger charge is -2.17. The molecule has 0 aliphatic carbocycles. The summed E-state index contributed by atoms with van der Waals surface area (Å²) >= 11 is 5.92. The largest absolute Gasteiger partial charge is 0.479 e. The molecule has 1 unspecified atom stereocenters. The number of hydrogen-bond donors (Lipinski definition) is 2. The number of hydrogen-bond acceptors (Lipinski definition) is 2. The van der Waals surface area contributed by atoms with Crippen LogP contribution in [0.25, 0.3) is 0 Å². The molecule has 0 radical (unpaired) electrons. The average Bonchev–Trinajstić information content (AvgIpc) is 2.39. The van der Waals surface area contributed by atoms with E-state index in [1.165, 1.54) is 12.1 Å². The number of anilines is 1. The highest BCUT2D eigenvalue weighted by atomic mass is 35.5. The van der Waals surface area contributed by atoms with E-state index in [1.54, 1.807) is 12.1 Å². The van der Waals surface area contributed by atoms with E-state index in [9.17, 15) is 14.3 Å². The zero-order valence-corrected chi connectivity index (χ0v) is 11.5. The molecule has 0 spiro atoms. The van der Waals surface area contributed by atoms with Gasteiger partial charge in [0.05, 0.1) is 0 Å². The number of nitrogens with one attached hydrogen (secondary N) is 1. The fourth-order valence-corrected chi connectivity index (χ4v) is 2.10. The minimum absolute atomic E-state index is 0.0806. The zero-order chi connectivity index (χ0) is 14.7. The summed E-state index contributed by atoms with van der Waals surface area (Å²) in [6.07, 6.45) is 0. The van der Waals surface area contributed by atoms with Crippen LogP contribution in [-0.4, -0.2) is 11.1 Å². The molecule has 0 saturated heterocycles. The van der Waals surface area contributed by atoms with E-state index in [0.717, 1.165) is 11.6 Å². The van der Waals surface area contributed by atoms with Gasteiger partial charge in [-0.25, -0.2) is 9.18 Å². The summed E-state index contributed by atoms with van der Waals surface area (Å²) in [6.45, 7) is 1.94. The standard InChI is InChI=1S/C15H13ClFNO2/c1-9-2-5-11(6-3-9)18-14(15(19)20)12-7-4-10(17)8-13(12)16/h2-8,14,18H,1H3,(H,19,20). The Balaban J connectivity index is 2.31. The summed E-state index contributed by atoms with van der Waals surface area (Å²) in [4.78, 5) is 11.4. The number of halogens is 2. The van der Waals surface area contributed by atoms with Crippen molar-refractivity contribution in [1.82, 2.24) is 0 Å². The lowest BCUT2D eigenvalue weighted by Crippen LogP contribution is -2.21. The molecular weight excluding hydrogens is 281 g/mol. The number of aryl methyl sites for hydroxylation is 1. The Hall–Kier alpha value is -2.07. The van der Waals surface area contributed by atoms with Gasteiger partial charge in [0.2, 0.25) is 0 Å². The van der Waals surface area contributed by atoms with E-state index in [0.29, 0.717) is 11.3 Å². The van der Waals surface area contributed by atoms with Crippen LogP contribution in [0.15, 0.2) is 42.5 Å². The molecule has 0 amide bonds. The molecule has 104 valence electrons. The smallest absolute Gasteiger partial charge is 0.330 e. The summed E-state index contributed by atoms with van der Waals surface area (Å²) in [5, 5.41) is 12.3. The average molecular weight is 294 g/mol. The van der Waals surface area contributed by atoms with Crippen LogP contribution in [0, 0.1) is 12.7 Å². The van der Waals surface area contributed by atoms with Gasteiger partial charge in [0, 0.05) is 16.3 Å². The van der Waals surface area contributed by atoms with E-state index in [4.69, 9.17) is 11.6 Å². The Morgan fingerprint density at radius 1 is 1.25 bits per heavy atom. The van der Waals surface area contributed by atoms with Crippen LogP contribution in [0.2, 0.25) is 5.02 Å². The molecule has 0 aromatic heterocycles. The van der Waals surface area contributed by atoms with Gasteiger partial charge in [-0.15, -0.1) is 0 Å². The van der Waals surface area contributed by atoms with Crippen molar-refractivity contribution in [2.24, 2.45) is 0 Å². The number of benzene rings is 2. The summed E-state index contributed by atoms with van der Waals surface area (Å²) in [6, 6.07) is 9.92. The molecular formula is C15H13ClFNO2. The van der Waals surface area contributed by atoms with Crippen LogP contribution < -0.4 is 5.32 Å². The van der Waals surface area contributed by atoms with Crippen LogP contribution in [0.4, 0.5) is 10.1 Å². The molecule has 0 bridgehead atoms. The quantitative estimate of drug-likeness (QED) is 0.895. The number of carboxylic acids is 1. The number of carboxylic acid groups (broad SMARTS) is 1. The summed E-state index contributed by atoms with van der Waals surface area (Å²) in [7, 11) is 0. The van der Waals surface area contributed by atoms with E-state index in [-0.39, 0.29) is 5.02 Å². The van der Waals surface area contributed by atoms with Crippen molar-refractivity contribution in [3.05, 3.63) is 64.4 Å². The van der Waals surface area contributed by atoms with Gasteiger partial charge < -0.3 is 10.4 Å². The molecule has 2 aromatic carbocycles. The van der Waals surface area contributed by atoms with Crippen molar-refractivity contribution < 1.29 is 14.3 Å². The molecule has 2 N–H and O–H groups in total. The minimum atomic E-state index is -1.08. The normalized spacial score (nSPS) is 11.9. The van der Waals surface area contributed by atoms with Crippen LogP contribution >= 0.6 is 11.6 Å². The lowest BCUT2D eigenvalue weighted by atomic mass is 10.1. The van der Waals surface area contributed by atoms with Gasteiger partial charge >= 0.3 is 5.97 Å². The van der Waals surface area contributed by atoms with Gasteiger partial charge in [-0.05, 0) is 31.2 Å². The first kappa shape index (κ1) is 14.3. The fraction of sp³-hybridized carbons (Fsp3) is 0.133. The maximum Gasteiger partial charge on any atom is 0.330 e. The zero-order valence-electron chi connectivity index (χ0n) is 10.7. The molecule has 0 aliphatic heterocycles. The Kier molecular flexibility index (Phi) is 4.25. The van der Waals surface area contributed by atoms with Gasteiger partial charge in [0.1, 0.15) is 5.82 Å².